The SMILES string of the molecule is CCC(=O)c1ccc(C2=CCN(Cc3cnc4c(c3)CC(=O)C(Cl)=C4)CC2)c(F)n1. The van der Waals surface area contributed by atoms with Crippen molar-refractivity contribution in [3.8, 4) is 0 Å². The van der Waals surface area contributed by atoms with Gasteiger partial charge in [0.05, 0.1) is 10.7 Å². The molecule has 0 aromatic carbocycles. The number of Topliss-reactive ketones (excluding diaryl/α,β-unsaturated/α-hetero) is 2. The minimum Gasteiger partial charge on any atom is -0.295 e. The number of halogens is 2. The summed E-state index contributed by atoms with van der Waals surface area (Å²) in [5.74, 6) is -0.845. The lowest BCUT2D eigenvalue weighted by molar-refractivity contribution is -0.114. The molecule has 0 saturated carbocycles. The largest absolute Gasteiger partial charge is 0.295 e. The summed E-state index contributed by atoms with van der Waals surface area (Å²) in [7, 11) is 0. The van der Waals surface area contributed by atoms with E-state index >= 15 is 0 Å². The van der Waals surface area contributed by atoms with Crippen LogP contribution >= 0.6 is 11.6 Å². The quantitative estimate of drug-likeness (QED) is 0.530. The van der Waals surface area contributed by atoms with Crippen LogP contribution in [0.1, 0.15) is 52.6 Å². The minimum absolute atomic E-state index is 0.0871. The average molecular weight is 426 g/mol. The van der Waals surface area contributed by atoms with Gasteiger partial charge < -0.3 is 0 Å². The summed E-state index contributed by atoms with van der Waals surface area (Å²) in [5, 5.41) is 0.227. The second-order valence-corrected chi connectivity index (χ2v) is 7.91. The summed E-state index contributed by atoms with van der Waals surface area (Å²) in [5.41, 5.74) is 4.20. The lowest BCUT2D eigenvalue weighted by atomic mass is 9.98. The Labute approximate surface area is 179 Å². The van der Waals surface area contributed by atoms with Crippen molar-refractivity contribution in [3.63, 3.8) is 0 Å². The van der Waals surface area contributed by atoms with E-state index < -0.39 is 5.95 Å². The molecule has 0 saturated heterocycles. The number of aromatic nitrogens is 2. The van der Waals surface area contributed by atoms with Gasteiger partial charge in [-0.15, -0.1) is 0 Å². The Hall–Kier alpha value is -2.70. The van der Waals surface area contributed by atoms with Gasteiger partial charge in [0.15, 0.2) is 11.6 Å². The molecule has 154 valence electrons. The van der Waals surface area contributed by atoms with Gasteiger partial charge in [0.25, 0.3) is 0 Å². The number of allylic oxidation sites excluding steroid dienone is 1. The second-order valence-electron chi connectivity index (χ2n) is 7.51. The molecule has 4 rings (SSSR count). The van der Waals surface area contributed by atoms with Crippen LogP contribution in [-0.4, -0.2) is 39.5 Å². The fourth-order valence-electron chi connectivity index (χ4n) is 3.75. The van der Waals surface area contributed by atoms with E-state index in [0.29, 0.717) is 31.5 Å². The first-order valence-electron chi connectivity index (χ1n) is 9.94. The van der Waals surface area contributed by atoms with E-state index in [1.54, 1.807) is 25.1 Å². The Bertz CT molecular complexity index is 1090. The van der Waals surface area contributed by atoms with E-state index in [1.807, 2.05) is 18.3 Å². The first kappa shape index (κ1) is 20.6. The van der Waals surface area contributed by atoms with Crippen molar-refractivity contribution < 1.29 is 14.0 Å². The molecule has 3 heterocycles. The fourth-order valence-corrected chi connectivity index (χ4v) is 3.92. The summed E-state index contributed by atoms with van der Waals surface area (Å²) in [6, 6.07) is 5.25. The van der Waals surface area contributed by atoms with E-state index in [0.717, 1.165) is 28.9 Å². The lowest BCUT2D eigenvalue weighted by Gasteiger charge is -2.27. The molecule has 0 radical (unpaired) electrons. The molecule has 2 aromatic rings. The number of fused-ring (bicyclic) bond motifs is 1. The van der Waals surface area contributed by atoms with Crippen molar-refractivity contribution in [1.82, 2.24) is 14.9 Å². The monoisotopic (exact) mass is 425 g/mol. The Morgan fingerprint density at radius 3 is 2.87 bits per heavy atom. The molecule has 0 amide bonds. The molecule has 30 heavy (non-hydrogen) atoms. The summed E-state index contributed by atoms with van der Waals surface area (Å²) in [4.78, 5) is 34.0. The Morgan fingerprint density at radius 2 is 2.17 bits per heavy atom. The maximum Gasteiger partial charge on any atom is 0.221 e. The van der Waals surface area contributed by atoms with Gasteiger partial charge in [0, 0.05) is 44.2 Å². The summed E-state index contributed by atoms with van der Waals surface area (Å²) >= 11 is 5.91. The molecule has 0 unspecified atom stereocenters. The van der Waals surface area contributed by atoms with Crippen LogP contribution in [-0.2, 0) is 17.8 Å². The zero-order chi connectivity index (χ0) is 21.3. The predicted molar refractivity (Wildman–Crippen MR) is 113 cm³/mol. The number of rotatable bonds is 5. The van der Waals surface area contributed by atoms with E-state index in [2.05, 4.69) is 14.9 Å². The topological polar surface area (TPSA) is 63.2 Å². The molecule has 2 aliphatic rings. The Morgan fingerprint density at radius 1 is 1.33 bits per heavy atom. The molecule has 7 heteroatoms. The first-order valence-corrected chi connectivity index (χ1v) is 10.3. The zero-order valence-electron chi connectivity index (χ0n) is 16.6. The van der Waals surface area contributed by atoms with Crippen molar-refractivity contribution in [1.29, 1.82) is 0 Å². The molecule has 0 spiro atoms. The molecule has 0 bridgehead atoms. The van der Waals surface area contributed by atoms with Crippen molar-refractivity contribution in [2.45, 2.75) is 32.7 Å². The number of hydrogen-bond donors (Lipinski definition) is 0. The van der Waals surface area contributed by atoms with Gasteiger partial charge in [-0.1, -0.05) is 30.7 Å². The van der Waals surface area contributed by atoms with E-state index in [4.69, 9.17) is 11.6 Å². The standard InChI is InChI=1S/C23H21ClFN3O2/c1-2-21(29)19-4-3-17(23(25)27-19)15-5-7-28(8-6-15)13-14-9-16-10-22(30)18(24)11-20(16)26-12-14/h3-5,9,11-12H,2,6-8,10,13H2,1H3. The summed E-state index contributed by atoms with van der Waals surface area (Å²) in [6.07, 6.45) is 6.69. The van der Waals surface area contributed by atoms with Crippen LogP contribution in [0.5, 0.6) is 0 Å². The molecule has 2 aromatic heterocycles. The van der Waals surface area contributed by atoms with E-state index in [1.165, 1.54) is 0 Å². The third-order valence-electron chi connectivity index (χ3n) is 5.44. The Balaban J connectivity index is 1.44. The molecular weight excluding hydrogens is 405 g/mol. The number of nitrogens with zero attached hydrogens (tertiary/aromatic N) is 3. The van der Waals surface area contributed by atoms with Crippen LogP contribution < -0.4 is 0 Å². The van der Waals surface area contributed by atoms with Crippen molar-refractivity contribution in [3.05, 3.63) is 69.5 Å². The van der Waals surface area contributed by atoms with Crippen LogP contribution in [0.2, 0.25) is 0 Å². The molecule has 1 aliphatic carbocycles. The number of carbonyl (C=O) groups excluding carboxylic acids is 2. The van der Waals surface area contributed by atoms with Crippen LogP contribution in [0, 0.1) is 5.95 Å². The maximum atomic E-state index is 14.4. The van der Waals surface area contributed by atoms with Crippen molar-refractivity contribution in [2.75, 3.05) is 13.1 Å². The van der Waals surface area contributed by atoms with Gasteiger partial charge in [-0.3, -0.25) is 19.5 Å². The zero-order valence-corrected chi connectivity index (χ0v) is 17.4. The number of hydrogen-bond acceptors (Lipinski definition) is 5. The number of ketones is 2. The molecule has 0 N–H and O–H groups in total. The number of pyridine rings is 2. The average Bonchev–Trinajstić information content (AvgIpc) is 2.75. The van der Waals surface area contributed by atoms with Gasteiger partial charge in [-0.25, -0.2) is 4.98 Å². The van der Waals surface area contributed by atoms with E-state index in [-0.39, 0.29) is 28.7 Å². The summed E-state index contributed by atoms with van der Waals surface area (Å²) in [6.45, 7) is 3.87. The predicted octanol–water partition coefficient (Wildman–Crippen LogP) is 4.20. The number of carbonyl (C=O) groups is 2. The van der Waals surface area contributed by atoms with Gasteiger partial charge in [-0.05, 0) is 41.3 Å². The van der Waals surface area contributed by atoms with Crippen molar-refractivity contribution >= 4 is 34.8 Å². The highest BCUT2D eigenvalue weighted by Gasteiger charge is 2.20. The first-order chi connectivity index (χ1) is 14.4. The van der Waals surface area contributed by atoms with Crippen molar-refractivity contribution in [2.24, 2.45) is 0 Å². The Kier molecular flexibility index (Phi) is 5.88. The molecular formula is C23H21ClFN3O2. The second kappa shape index (κ2) is 8.58. The van der Waals surface area contributed by atoms with Crippen LogP contribution in [0.4, 0.5) is 4.39 Å². The van der Waals surface area contributed by atoms with Crippen LogP contribution in [0.3, 0.4) is 0 Å². The summed E-state index contributed by atoms with van der Waals surface area (Å²) < 4.78 is 14.4. The highest BCUT2D eigenvalue weighted by molar-refractivity contribution is 6.45. The van der Waals surface area contributed by atoms with Crippen LogP contribution in [0.15, 0.2) is 35.5 Å². The maximum absolute atomic E-state index is 14.4. The molecule has 0 atom stereocenters. The fraction of sp³-hybridized carbons (Fsp3) is 0.304. The molecule has 5 nitrogen and oxygen atoms in total. The van der Waals surface area contributed by atoms with Gasteiger partial charge >= 0.3 is 0 Å². The van der Waals surface area contributed by atoms with Gasteiger partial charge in [0.1, 0.15) is 5.69 Å². The third kappa shape index (κ3) is 4.25. The minimum atomic E-state index is -0.593. The van der Waals surface area contributed by atoms with Gasteiger partial charge in [-0.2, -0.15) is 4.39 Å². The normalized spacial score (nSPS) is 16.7. The lowest BCUT2D eigenvalue weighted by Crippen LogP contribution is -2.28. The third-order valence-corrected chi connectivity index (χ3v) is 5.76. The van der Waals surface area contributed by atoms with E-state index in [9.17, 15) is 14.0 Å². The van der Waals surface area contributed by atoms with Crippen LogP contribution in [0.25, 0.3) is 11.6 Å². The molecule has 0 fully saturated rings. The molecule has 1 aliphatic heterocycles. The smallest absolute Gasteiger partial charge is 0.221 e. The highest BCUT2D eigenvalue weighted by atomic mass is 35.5. The highest BCUT2D eigenvalue weighted by Crippen LogP contribution is 2.26. The van der Waals surface area contributed by atoms with Gasteiger partial charge in [0.2, 0.25) is 5.95 Å².